The van der Waals surface area contributed by atoms with E-state index in [0.29, 0.717) is 12.3 Å². The summed E-state index contributed by atoms with van der Waals surface area (Å²) in [4.78, 5) is 27.3. The van der Waals surface area contributed by atoms with E-state index in [2.05, 4.69) is 42.2 Å². The molecule has 0 spiro atoms. The smallest absolute Gasteiger partial charge is 0.225 e. The molecule has 2 fully saturated rings. The Morgan fingerprint density at radius 3 is 2.64 bits per heavy atom. The lowest BCUT2D eigenvalue weighted by Crippen LogP contribution is -2.40. The van der Waals surface area contributed by atoms with E-state index in [1.165, 1.54) is 11.1 Å². The number of ether oxygens (including phenoxy) is 1. The molecule has 1 atom stereocenters. The van der Waals surface area contributed by atoms with Crippen LogP contribution in [-0.4, -0.2) is 59.7 Å². The van der Waals surface area contributed by atoms with Gasteiger partial charge in [-0.3, -0.25) is 4.79 Å². The second-order valence-corrected chi connectivity index (χ2v) is 9.79. The summed E-state index contributed by atoms with van der Waals surface area (Å²) in [5, 5.41) is 0. The van der Waals surface area contributed by atoms with Crippen LogP contribution in [0.5, 0.6) is 0 Å². The Morgan fingerprint density at radius 1 is 1.06 bits per heavy atom. The SMILES string of the molecule is Cc1nc(C2CCN(C(=O)C[C@@H]3CCCO3)CC2)nc2c1CCCN2CCc1ccccc1. The summed E-state index contributed by atoms with van der Waals surface area (Å²) in [7, 11) is 0. The second kappa shape index (κ2) is 10.2. The molecular formula is C27H36N4O2. The van der Waals surface area contributed by atoms with Gasteiger partial charge in [0.05, 0.1) is 12.5 Å². The summed E-state index contributed by atoms with van der Waals surface area (Å²) < 4.78 is 5.66. The summed E-state index contributed by atoms with van der Waals surface area (Å²) in [5.74, 6) is 2.70. The Kier molecular flexibility index (Phi) is 6.91. The van der Waals surface area contributed by atoms with Crippen LogP contribution in [-0.2, 0) is 22.4 Å². The maximum Gasteiger partial charge on any atom is 0.225 e. The number of hydrogen-bond acceptors (Lipinski definition) is 5. The molecule has 0 saturated carbocycles. The van der Waals surface area contributed by atoms with E-state index in [0.717, 1.165) is 95.1 Å². The van der Waals surface area contributed by atoms with Crippen molar-refractivity contribution in [1.82, 2.24) is 14.9 Å². The predicted octanol–water partition coefficient (Wildman–Crippen LogP) is 4.06. The average Bonchev–Trinajstić information content (AvgIpc) is 3.36. The summed E-state index contributed by atoms with van der Waals surface area (Å²) in [6, 6.07) is 10.7. The first kappa shape index (κ1) is 22.3. The Labute approximate surface area is 197 Å². The molecule has 0 aliphatic carbocycles. The number of aromatic nitrogens is 2. The van der Waals surface area contributed by atoms with Crippen LogP contribution in [0, 0.1) is 6.92 Å². The van der Waals surface area contributed by atoms with Crippen LogP contribution in [0.2, 0.25) is 0 Å². The summed E-state index contributed by atoms with van der Waals surface area (Å²) in [6.07, 6.45) is 7.92. The normalized spacial score (nSPS) is 21.3. The lowest BCUT2D eigenvalue weighted by Gasteiger charge is -2.34. The minimum absolute atomic E-state index is 0.128. The van der Waals surface area contributed by atoms with Crippen LogP contribution < -0.4 is 4.90 Å². The summed E-state index contributed by atoms with van der Waals surface area (Å²) in [6.45, 7) is 6.60. The van der Waals surface area contributed by atoms with E-state index in [1.807, 2.05) is 4.90 Å². The van der Waals surface area contributed by atoms with Gasteiger partial charge in [-0.1, -0.05) is 30.3 Å². The van der Waals surface area contributed by atoms with Crippen LogP contribution in [0.25, 0.3) is 0 Å². The molecule has 6 nitrogen and oxygen atoms in total. The first-order chi connectivity index (χ1) is 16.2. The van der Waals surface area contributed by atoms with E-state index in [4.69, 9.17) is 14.7 Å². The van der Waals surface area contributed by atoms with Crippen molar-refractivity contribution in [3.63, 3.8) is 0 Å². The number of piperidine rings is 1. The fourth-order valence-electron chi connectivity index (χ4n) is 5.53. The molecule has 1 aromatic carbocycles. The molecule has 0 unspecified atom stereocenters. The van der Waals surface area contributed by atoms with Crippen molar-refractivity contribution >= 4 is 11.7 Å². The molecule has 3 aliphatic heterocycles. The third-order valence-corrected chi connectivity index (χ3v) is 7.52. The van der Waals surface area contributed by atoms with E-state index >= 15 is 0 Å². The summed E-state index contributed by atoms with van der Waals surface area (Å²) in [5.41, 5.74) is 3.83. The number of likely N-dealkylation sites (tertiary alicyclic amines) is 1. The van der Waals surface area contributed by atoms with Gasteiger partial charge in [-0.25, -0.2) is 9.97 Å². The zero-order valence-corrected chi connectivity index (χ0v) is 19.8. The lowest BCUT2D eigenvalue weighted by molar-refractivity contribution is -0.134. The molecule has 1 amide bonds. The molecule has 4 heterocycles. The highest BCUT2D eigenvalue weighted by Gasteiger charge is 2.30. The minimum atomic E-state index is 0.128. The van der Waals surface area contributed by atoms with Crippen molar-refractivity contribution in [3.05, 3.63) is 53.0 Å². The van der Waals surface area contributed by atoms with Crippen molar-refractivity contribution in [2.45, 2.75) is 70.3 Å². The number of hydrogen-bond donors (Lipinski definition) is 0. The number of nitrogens with zero attached hydrogens (tertiary/aromatic N) is 4. The Bertz CT molecular complexity index is 950. The van der Waals surface area contributed by atoms with Crippen molar-refractivity contribution in [3.8, 4) is 0 Å². The van der Waals surface area contributed by atoms with Crippen molar-refractivity contribution in [1.29, 1.82) is 0 Å². The van der Waals surface area contributed by atoms with Gasteiger partial charge in [0, 0.05) is 50.0 Å². The first-order valence-electron chi connectivity index (χ1n) is 12.7. The zero-order chi connectivity index (χ0) is 22.6. The van der Waals surface area contributed by atoms with E-state index in [9.17, 15) is 4.79 Å². The van der Waals surface area contributed by atoms with Gasteiger partial charge in [-0.05, 0) is 57.4 Å². The van der Waals surface area contributed by atoms with Crippen LogP contribution in [0.15, 0.2) is 30.3 Å². The van der Waals surface area contributed by atoms with Gasteiger partial charge in [0.15, 0.2) is 0 Å². The van der Waals surface area contributed by atoms with Crippen LogP contribution >= 0.6 is 0 Å². The molecule has 2 aromatic rings. The quantitative estimate of drug-likeness (QED) is 0.667. The number of aryl methyl sites for hydroxylation is 1. The third-order valence-electron chi connectivity index (χ3n) is 7.52. The number of fused-ring (bicyclic) bond motifs is 1. The number of carbonyl (C=O) groups excluding carboxylic acids is 1. The first-order valence-corrected chi connectivity index (χ1v) is 12.7. The average molecular weight is 449 g/mol. The second-order valence-electron chi connectivity index (χ2n) is 9.79. The molecule has 6 heteroatoms. The zero-order valence-electron chi connectivity index (χ0n) is 19.8. The number of rotatable bonds is 6. The van der Waals surface area contributed by atoms with E-state index < -0.39 is 0 Å². The van der Waals surface area contributed by atoms with Gasteiger partial charge < -0.3 is 14.5 Å². The molecule has 3 aliphatic rings. The maximum atomic E-state index is 12.7. The lowest BCUT2D eigenvalue weighted by atomic mass is 9.94. The maximum absolute atomic E-state index is 12.7. The molecule has 33 heavy (non-hydrogen) atoms. The fraction of sp³-hybridized carbons (Fsp3) is 0.593. The molecule has 5 rings (SSSR count). The van der Waals surface area contributed by atoms with Gasteiger partial charge in [-0.2, -0.15) is 0 Å². The molecule has 0 N–H and O–H groups in total. The molecule has 176 valence electrons. The minimum Gasteiger partial charge on any atom is -0.378 e. The topological polar surface area (TPSA) is 58.6 Å². The fourth-order valence-corrected chi connectivity index (χ4v) is 5.53. The van der Waals surface area contributed by atoms with Gasteiger partial charge in [0.2, 0.25) is 5.91 Å². The van der Waals surface area contributed by atoms with Crippen LogP contribution in [0.4, 0.5) is 5.82 Å². The number of benzene rings is 1. The van der Waals surface area contributed by atoms with Crippen LogP contribution in [0.1, 0.15) is 67.1 Å². The Morgan fingerprint density at radius 2 is 1.88 bits per heavy atom. The summed E-state index contributed by atoms with van der Waals surface area (Å²) >= 11 is 0. The van der Waals surface area contributed by atoms with Gasteiger partial charge in [0.1, 0.15) is 11.6 Å². The number of anilines is 1. The molecule has 2 saturated heterocycles. The molecule has 0 radical (unpaired) electrons. The standard InChI is InChI=1S/C27H36N4O2/c1-20-24-10-5-14-31(15-11-21-7-3-2-4-8-21)27(24)29-26(28-20)22-12-16-30(17-13-22)25(32)19-23-9-6-18-33-23/h2-4,7-8,22-23H,5-6,9-19H2,1H3/t23-/m0/s1. The molecule has 0 bridgehead atoms. The van der Waals surface area contributed by atoms with Crippen molar-refractivity contribution in [2.75, 3.05) is 37.7 Å². The van der Waals surface area contributed by atoms with Crippen molar-refractivity contribution < 1.29 is 9.53 Å². The van der Waals surface area contributed by atoms with E-state index in [-0.39, 0.29) is 12.0 Å². The van der Waals surface area contributed by atoms with E-state index in [1.54, 1.807) is 0 Å². The highest BCUT2D eigenvalue weighted by Crippen LogP contribution is 2.32. The van der Waals surface area contributed by atoms with Gasteiger partial charge in [-0.15, -0.1) is 0 Å². The Balaban J connectivity index is 1.24. The monoisotopic (exact) mass is 448 g/mol. The molecular weight excluding hydrogens is 412 g/mol. The number of amides is 1. The third kappa shape index (κ3) is 5.21. The van der Waals surface area contributed by atoms with Crippen LogP contribution in [0.3, 0.4) is 0 Å². The van der Waals surface area contributed by atoms with Gasteiger partial charge in [0.25, 0.3) is 0 Å². The number of carbonyl (C=O) groups is 1. The van der Waals surface area contributed by atoms with Gasteiger partial charge >= 0.3 is 0 Å². The van der Waals surface area contributed by atoms with Crippen molar-refractivity contribution in [2.24, 2.45) is 0 Å². The largest absolute Gasteiger partial charge is 0.378 e. The Hall–Kier alpha value is -2.47. The molecule has 1 aromatic heterocycles. The highest BCUT2D eigenvalue weighted by atomic mass is 16.5. The highest BCUT2D eigenvalue weighted by molar-refractivity contribution is 5.76. The predicted molar refractivity (Wildman–Crippen MR) is 130 cm³/mol.